The van der Waals surface area contributed by atoms with Gasteiger partial charge in [-0.1, -0.05) is 42.0 Å². The van der Waals surface area contributed by atoms with Crippen molar-refractivity contribution in [3.8, 4) is 5.75 Å². The Kier molecular flexibility index (Phi) is 5.42. The quantitative estimate of drug-likeness (QED) is 0.821. The molecule has 6 heteroatoms. The van der Waals surface area contributed by atoms with Gasteiger partial charge in [-0.2, -0.15) is 4.31 Å². The SMILES string of the molecule is CCOc1ccccc1S(=O)(=O)N1CCOC(c2ccc(C)cc2)C1. The van der Waals surface area contributed by atoms with Crippen LogP contribution in [-0.2, 0) is 14.8 Å². The van der Waals surface area contributed by atoms with E-state index in [1.165, 1.54) is 4.31 Å². The van der Waals surface area contributed by atoms with Crippen LogP contribution in [0.4, 0.5) is 0 Å². The van der Waals surface area contributed by atoms with Gasteiger partial charge in [-0.05, 0) is 31.5 Å². The molecule has 0 N–H and O–H groups in total. The van der Waals surface area contributed by atoms with Gasteiger partial charge in [-0.25, -0.2) is 8.42 Å². The fourth-order valence-corrected chi connectivity index (χ4v) is 4.46. The minimum absolute atomic E-state index is 0.210. The molecule has 1 atom stereocenters. The highest BCUT2D eigenvalue weighted by Crippen LogP contribution is 2.30. The molecule has 1 saturated heterocycles. The molecule has 1 aliphatic rings. The molecule has 0 radical (unpaired) electrons. The summed E-state index contributed by atoms with van der Waals surface area (Å²) in [5, 5.41) is 0. The Balaban J connectivity index is 1.86. The molecule has 5 nitrogen and oxygen atoms in total. The van der Waals surface area contributed by atoms with E-state index in [-0.39, 0.29) is 11.0 Å². The van der Waals surface area contributed by atoms with Crippen LogP contribution >= 0.6 is 0 Å². The second-order valence-electron chi connectivity index (χ2n) is 6.01. The highest BCUT2D eigenvalue weighted by Gasteiger charge is 2.33. The summed E-state index contributed by atoms with van der Waals surface area (Å²) in [5.74, 6) is 0.392. The third kappa shape index (κ3) is 3.86. The third-order valence-electron chi connectivity index (χ3n) is 4.25. The summed E-state index contributed by atoms with van der Waals surface area (Å²) in [6, 6.07) is 14.8. The number of ether oxygens (including phenoxy) is 2. The average molecular weight is 361 g/mol. The monoisotopic (exact) mass is 361 g/mol. The summed E-state index contributed by atoms with van der Waals surface area (Å²) in [6.07, 6.45) is -0.261. The van der Waals surface area contributed by atoms with Gasteiger partial charge < -0.3 is 9.47 Å². The number of nitrogens with zero attached hydrogens (tertiary/aromatic N) is 1. The van der Waals surface area contributed by atoms with Crippen LogP contribution in [0, 0.1) is 6.92 Å². The standard InChI is InChI=1S/C19H23NO4S/c1-3-23-17-6-4-5-7-19(17)25(21,22)20-12-13-24-18(14-20)16-10-8-15(2)9-11-16/h4-11,18H,3,12-14H2,1-2H3. The molecule has 3 rings (SSSR count). The molecule has 0 aromatic heterocycles. The van der Waals surface area contributed by atoms with E-state index in [0.717, 1.165) is 11.1 Å². The zero-order valence-corrected chi connectivity index (χ0v) is 15.3. The lowest BCUT2D eigenvalue weighted by molar-refractivity contribution is -0.00260. The van der Waals surface area contributed by atoms with Crippen molar-refractivity contribution in [1.29, 1.82) is 0 Å². The van der Waals surface area contributed by atoms with Crippen LogP contribution in [0.2, 0.25) is 0 Å². The van der Waals surface area contributed by atoms with Crippen LogP contribution in [0.25, 0.3) is 0 Å². The van der Waals surface area contributed by atoms with E-state index in [0.29, 0.717) is 32.1 Å². The van der Waals surface area contributed by atoms with Gasteiger partial charge in [0.25, 0.3) is 0 Å². The van der Waals surface area contributed by atoms with Crippen molar-refractivity contribution < 1.29 is 17.9 Å². The van der Waals surface area contributed by atoms with E-state index >= 15 is 0 Å². The summed E-state index contributed by atoms with van der Waals surface area (Å²) in [7, 11) is -3.64. The topological polar surface area (TPSA) is 55.8 Å². The Morgan fingerprint density at radius 2 is 1.88 bits per heavy atom. The zero-order chi connectivity index (χ0) is 17.9. The van der Waals surface area contributed by atoms with E-state index in [4.69, 9.17) is 9.47 Å². The van der Waals surface area contributed by atoms with E-state index in [9.17, 15) is 8.42 Å². The first-order valence-corrected chi connectivity index (χ1v) is 9.86. The zero-order valence-electron chi connectivity index (χ0n) is 14.5. The Bertz CT molecular complexity index is 818. The molecule has 1 unspecified atom stereocenters. The highest BCUT2D eigenvalue weighted by atomic mass is 32.2. The van der Waals surface area contributed by atoms with Crippen molar-refractivity contribution in [3.63, 3.8) is 0 Å². The third-order valence-corrected chi connectivity index (χ3v) is 6.15. The van der Waals surface area contributed by atoms with Crippen LogP contribution in [0.3, 0.4) is 0 Å². The van der Waals surface area contributed by atoms with Crippen molar-refractivity contribution in [2.45, 2.75) is 24.8 Å². The number of hydrogen-bond donors (Lipinski definition) is 0. The van der Waals surface area contributed by atoms with E-state index in [1.807, 2.05) is 38.1 Å². The molecule has 0 aliphatic carbocycles. The fraction of sp³-hybridized carbons (Fsp3) is 0.368. The molecule has 1 heterocycles. The minimum Gasteiger partial charge on any atom is -0.492 e. The molecule has 2 aromatic carbocycles. The summed E-state index contributed by atoms with van der Waals surface area (Å²) in [6.45, 7) is 5.28. The minimum atomic E-state index is -3.64. The second-order valence-corrected chi connectivity index (χ2v) is 7.92. The lowest BCUT2D eigenvalue weighted by Crippen LogP contribution is -2.42. The van der Waals surface area contributed by atoms with Crippen molar-refractivity contribution in [2.75, 3.05) is 26.3 Å². The van der Waals surface area contributed by atoms with Crippen molar-refractivity contribution in [3.05, 3.63) is 59.7 Å². The largest absolute Gasteiger partial charge is 0.492 e. The molecular formula is C19H23NO4S. The number of para-hydroxylation sites is 1. The maximum absolute atomic E-state index is 13.1. The van der Waals surface area contributed by atoms with Gasteiger partial charge in [0.15, 0.2) is 0 Å². The van der Waals surface area contributed by atoms with E-state index in [2.05, 4.69) is 0 Å². The summed E-state index contributed by atoms with van der Waals surface area (Å²) >= 11 is 0. The lowest BCUT2D eigenvalue weighted by atomic mass is 10.1. The van der Waals surface area contributed by atoms with Crippen LogP contribution in [-0.4, -0.2) is 39.0 Å². The van der Waals surface area contributed by atoms with Crippen molar-refractivity contribution in [2.24, 2.45) is 0 Å². The van der Waals surface area contributed by atoms with Gasteiger partial charge in [-0.15, -0.1) is 0 Å². The normalized spacial score (nSPS) is 18.9. The smallest absolute Gasteiger partial charge is 0.246 e. The summed E-state index contributed by atoms with van der Waals surface area (Å²) in [5.41, 5.74) is 2.15. The van der Waals surface area contributed by atoms with Crippen molar-refractivity contribution >= 4 is 10.0 Å². The maximum Gasteiger partial charge on any atom is 0.246 e. The fourth-order valence-electron chi connectivity index (χ4n) is 2.90. The van der Waals surface area contributed by atoms with E-state index in [1.54, 1.807) is 24.3 Å². The first-order chi connectivity index (χ1) is 12.0. The van der Waals surface area contributed by atoms with Gasteiger partial charge in [0.05, 0.1) is 19.3 Å². The number of sulfonamides is 1. The average Bonchev–Trinajstić information content (AvgIpc) is 2.63. The van der Waals surface area contributed by atoms with Crippen LogP contribution in [0.15, 0.2) is 53.4 Å². The first kappa shape index (κ1) is 17.9. The molecule has 0 bridgehead atoms. The number of aryl methyl sites for hydroxylation is 1. The van der Waals surface area contributed by atoms with Crippen LogP contribution in [0.1, 0.15) is 24.2 Å². The van der Waals surface area contributed by atoms with E-state index < -0.39 is 10.0 Å². The number of morpholine rings is 1. The van der Waals surface area contributed by atoms with Gasteiger partial charge in [0, 0.05) is 13.1 Å². The molecule has 1 aliphatic heterocycles. The number of rotatable bonds is 5. The highest BCUT2D eigenvalue weighted by molar-refractivity contribution is 7.89. The molecule has 25 heavy (non-hydrogen) atoms. The molecule has 2 aromatic rings. The number of hydrogen-bond acceptors (Lipinski definition) is 4. The summed E-state index contributed by atoms with van der Waals surface area (Å²) in [4.78, 5) is 0.210. The Morgan fingerprint density at radius 3 is 2.60 bits per heavy atom. The predicted octanol–water partition coefficient (Wildman–Crippen LogP) is 3.16. The van der Waals surface area contributed by atoms with Crippen LogP contribution in [0.5, 0.6) is 5.75 Å². The molecular weight excluding hydrogens is 338 g/mol. The Hall–Kier alpha value is -1.89. The predicted molar refractivity (Wildman–Crippen MR) is 96.2 cm³/mol. The Labute approximate surface area is 149 Å². The molecule has 0 spiro atoms. The molecule has 134 valence electrons. The summed E-state index contributed by atoms with van der Waals surface area (Å²) < 4.78 is 39.0. The van der Waals surface area contributed by atoms with Gasteiger partial charge in [-0.3, -0.25) is 0 Å². The Morgan fingerprint density at radius 1 is 1.16 bits per heavy atom. The van der Waals surface area contributed by atoms with Gasteiger partial charge in [0.1, 0.15) is 10.6 Å². The first-order valence-electron chi connectivity index (χ1n) is 8.42. The van der Waals surface area contributed by atoms with Gasteiger partial charge >= 0.3 is 0 Å². The van der Waals surface area contributed by atoms with Crippen LogP contribution < -0.4 is 4.74 Å². The van der Waals surface area contributed by atoms with Crippen molar-refractivity contribution in [1.82, 2.24) is 4.31 Å². The number of benzene rings is 2. The second kappa shape index (κ2) is 7.56. The lowest BCUT2D eigenvalue weighted by Gasteiger charge is -2.32. The molecule has 0 saturated carbocycles. The van der Waals surface area contributed by atoms with Gasteiger partial charge in [0.2, 0.25) is 10.0 Å². The molecule has 0 amide bonds. The maximum atomic E-state index is 13.1. The molecule has 1 fully saturated rings.